The molecule has 0 radical (unpaired) electrons. The molecular formula is C59H18N18O2. The van der Waals surface area contributed by atoms with E-state index in [0.717, 1.165) is 6.07 Å². The van der Waals surface area contributed by atoms with Crippen molar-refractivity contribution in [3.05, 3.63) is 210 Å². The van der Waals surface area contributed by atoms with Gasteiger partial charge in [0.05, 0.1) is 106 Å². The summed E-state index contributed by atoms with van der Waals surface area (Å²) in [5.41, 5.74) is 0.566. The molecule has 356 valence electrons. The molecule has 0 N–H and O–H groups in total. The van der Waals surface area contributed by atoms with Crippen LogP contribution in [0.4, 0.5) is 34.1 Å². The molecule has 0 aliphatic carbocycles. The summed E-state index contributed by atoms with van der Waals surface area (Å²) in [7, 11) is 0. The minimum Gasteiger partial charge on any atom is -0.258 e. The fourth-order valence-electron chi connectivity index (χ4n) is 8.77. The van der Waals surface area contributed by atoms with Crippen molar-refractivity contribution >= 4 is 67.2 Å². The fourth-order valence-corrected chi connectivity index (χ4v) is 8.77. The number of rotatable bonds is 7. The maximum Gasteiger partial charge on any atom is 0.287 e. The number of aromatic nitrogens is 6. The van der Waals surface area contributed by atoms with E-state index in [9.17, 15) is 41.7 Å². The molecule has 20 nitrogen and oxygen atoms in total. The Hall–Kier alpha value is -13.7. The molecule has 0 aliphatic heterocycles. The molecule has 10 aromatic rings. The predicted octanol–water partition coefficient (Wildman–Crippen LogP) is 13.4. The first-order valence-corrected chi connectivity index (χ1v) is 22.5. The van der Waals surface area contributed by atoms with Crippen LogP contribution in [0.25, 0.3) is 125 Å². The molecule has 7 aromatic carbocycles. The normalized spacial score (nSPS) is 10.2. The lowest BCUT2D eigenvalue weighted by Gasteiger charge is -2.18. The van der Waals surface area contributed by atoms with Gasteiger partial charge in [0.25, 0.3) is 5.69 Å². The maximum absolute atomic E-state index is 12.5. The second kappa shape index (κ2) is 19.8. The summed E-state index contributed by atoms with van der Waals surface area (Å²) >= 11 is 0. The summed E-state index contributed by atoms with van der Waals surface area (Å²) < 4.78 is 0. The quantitative estimate of drug-likeness (QED) is 0.0621. The highest BCUT2D eigenvalue weighted by Gasteiger charge is 2.28. The Morgan fingerprint density at radius 3 is 0.899 bits per heavy atom. The van der Waals surface area contributed by atoms with Crippen molar-refractivity contribution in [1.29, 1.82) is 31.6 Å². The number of hydrogen-bond donors (Lipinski definition) is 0. The van der Waals surface area contributed by atoms with Gasteiger partial charge < -0.3 is 0 Å². The lowest BCUT2D eigenvalue weighted by molar-refractivity contribution is -0.385. The van der Waals surface area contributed by atoms with Gasteiger partial charge in [-0.2, -0.15) is 31.6 Å². The third-order valence-electron chi connectivity index (χ3n) is 12.5. The number of hydrogen-bond acceptors (Lipinski definition) is 14. The highest BCUT2D eigenvalue weighted by Crippen LogP contribution is 2.45. The van der Waals surface area contributed by atoms with Crippen LogP contribution in [0.5, 0.6) is 0 Å². The number of nitro benzene ring substituents is 1. The Bertz CT molecular complexity index is 4870. The van der Waals surface area contributed by atoms with Crippen LogP contribution in [0.2, 0.25) is 0 Å². The zero-order valence-corrected chi connectivity index (χ0v) is 39.8. The molecule has 20 heteroatoms. The van der Waals surface area contributed by atoms with Crippen LogP contribution in [-0.2, 0) is 0 Å². The molecule has 0 saturated carbocycles. The molecule has 0 unspecified atom stereocenters. The van der Waals surface area contributed by atoms with E-state index in [0.29, 0.717) is 0 Å². The molecule has 0 atom stereocenters. The van der Waals surface area contributed by atoms with E-state index in [1.807, 2.05) is 36.4 Å². The Balaban J connectivity index is 1.48. The molecule has 0 fully saturated rings. The van der Waals surface area contributed by atoms with Crippen LogP contribution in [0.1, 0.15) is 33.4 Å². The molecule has 79 heavy (non-hydrogen) atoms. The zero-order valence-electron chi connectivity index (χ0n) is 39.8. The van der Waals surface area contributed by atoms with Crippen LogP contribution >= 0.6 is 0 Å². The third-order valence-corrected chi connectivity index (χ3v) is 12.5. The number of nitro groups is 1. The van der Waals surface area contributed by atoms with Crippen molar-refractivity contribution in [2.45, 2.75) is 0 Å². The van der Waals surface area contributed by atoms with Gasteiger partial charge in [0.2, 0.25) is 5.69 Å². The summed E-state index contributed by atoms with van der Waals surface area (Å²) in [5.74, 6) is 0. The number of fused-ring (bicyclic) bond motifs is 6. The van der Waals surface area contributed by atoms with Crippen molar-refractivity contribution in [3.63, 3.8) is 0 Å². The van der Waals surface area contributed by atoms with Gasteiger partial charge in [0, 0.05) is 28.3 Å². The van der Waals surface area contributed by atoms with Gasteiger partial charge >= 0.3 is 0 Å². The molecule has 0 saturated heterocycles. The smallest absolute Gasteiger partial charge is 0.258 e. The first-order valence-electron chi connectivity index (χ1n) is 22.5. The second-order valence-electron chi connectivity index (χ2n) is 16.7. The summed E-state index contributed by atoms with van der Waals surface area (Å²) in [6, 6.07) is 37.6. The van der Waals surface area contributed by atoms with Gasteiger partial charge in [-0.15, -0.1) is 0 Å². The van der Waals surface area contributed by atoms with Crippen LogP contribution in [0.15, 0.2) is 109 Å². The summed E-state index contributed by atoms with van der Waals surface area (Å²) in [5, 5.41) is 72.9. The first-order chi connectivity index (χ1) is 38.5. The average Bonchev–Trinajstić information content (AvgIpc) is 3.70. The fraction of sp³-hybridized carbons (Fsp3) is 0. The monoisotopic (exact) mass is 1010 g/mol. The Labute approximate surface area is 445 Å². The molecule has 3 heterocycles. The van der Waals surface area contributed by atoms with Crippen LogP contribution in [-0.4, -0.2) is 34.8 Å². The van der Waals surface area contributed by atoms with Crippen molar-refractivity contribution in [1.82, 2.24) is 29.9 Å². The van der Waals surface area contributed by atoms with E-state index in [-0.39, 0.29) is 162 Å². The highest BCUT2D eigenvalue weighted by molar-refractivity contribution is 6.20. The minimum absolute atomic E-state index is 0.00749. The molecule has 0 amide bonds. The Morgan fingerprint density at radius 2 is 0.595 bits per heavy atom. The van der Waals surface area contributed by atoms with Crippen LogP contribution in [0.3, 0.4) is 0 Å². The largest absolute Gasteiger partial charge is 0.287 e. The van der Waals surface area contributed by atoms with Gasteiger partial charge in [-0.25, -0.2) is 34.7 Å². The van der Waals surface area contributed by atoms with E-state index in [4.69, 9.17) is 62.8 Å². The summed E-state index contributed by atoms with van der Waals surface area (Å²) in [4.78, 5) is 60.8. The van der Waals surface area contributed by atoms with Crippen molar-refractivity contribution < 1.29 is 4.92 Å². The zero-order chi connectivity index (χ0) is 55.6. The molecule has 10 rings (SSSR count). The number of nitrogens with zero attached hydrogens (tertiary/aromatic N) is 18. The molecular weight excluding hydrogens is 993 g/mol. The Kier molecular flexibility index (Phi) is 12.2. The van der Waals surface area contributed by atoms with Crippen LogP contribution < -0.4 is 0 Å². The summed E-state index contributed by atoms with van der Waals surface area (Å²) in [6.45, 7) is 39.1. The maximum atomic E-state index is 12.5. The summed E-state index contributed by atoms with van der Waals surface area (Å²) in [6.07, 6.45) is 0. The second-order valence-corrected chi connectivity index (χ2v) is 16.7. The average molecular weight is 1010 g/mol. The van der Waals surface area contributed by atoms with E-state index < -0.39 is 10.6 Å². The molecule has 0 spiro atoms. The molecule has 3 aromatic heterocycles. The highest BCUT2D eigenvalue weighted by atomic mass is 16.6. The SMILES string of the molecule is [C-]#[N+]c1ccc(-c2nc3c(nc2-c2ccc([N+]#[C-])c([N+]#[C-])c2)c2nc(-c4ccc([N+]#[C-])c([N+]#[C-])c4)c(-c4ccc(C#N)c(C#N)c4)nc2c2nc(-c4ccc(C#N)c(C#N)c4)c(-c4ccc(C#N)c([N+](=O)[O-])c4)nc23)cc1C#N. The predicted molar refractivity (Wildman–Crippen MR) is 285 cm³/mol. The van der Waals surface area contributed by atoms with Gasteiger partial charge in [0.1, 0.15) is 69.0 Å². The van der Waals surface area contributed by atoms with Gasteiger partial charge in [-0.1, -0.05) is 66.7 Å². The molecule has 0 bridgehead atoms. The van der Waals surface area contributed by atoms with E-state index in [2.05, 4.69) is 24.2 Å². The minimum atomic E-state index is -0.737. The lowest BCUT2D eigenvalue weighted by Crippen LogP contribution is -2.05. The van der Waals surface area contributed by atoms with Crippen molar-refractivity contribution in [2.24, 2.45) is 0 Å². The van der Waals surface area contributed by atoms with Crippen molar-refractivity contribution in [2.75, 3.05) is 0 Å². The number of nitriles is 6. The lowest BCUT2D eigenvalue weighted by atomic mass is 9.97. The van der Waals surface area contributed by atoms with Crippen LogP contribution in [0, 0.1) is 111 Å². The van der Waals surface area contributed by atoms with E-state index >= 15 is 0 Å². The van der Waals surface area contributed by atoms with Gasteiger partial charge in [0.15, 0.2) is 22.7 Å². The van der Waals surface area contributed by atoms with E-state index in [1.54, 1.807) is 24.3 Å². The molecule has 0 aliphatic rings. The topological polar surface area (TPSA) is 285 Å². The van der Waals surface area contributed by atoms with Gasteiger partial charge in [-0.3, -0.25) is 29.5 Å². The van der Waals surface area contributed by atoms with Gasteiger partial charge in [-0.05, 0) is 47.5 Å². The Morgan fingerprint density at radius 1 is 0.329 bits per heavy atom. The number of benzene rings is 7. The van der Waals surface area contributed by atoms with Crippen molar-refractivity contribution in [3.8, 4) is 104 Å². The standard InChI is InChI=1S/C59H18N18O2/c1-66-42-15-12-32(20-41(42)29-65)50-52(34-14-17-44(68-3)46(22-34)70-5)75-58-56(73-50)59-55(72-49(31-7-10-37(25-61)40(19-31)28-64)53(76-59)35-8-11-38(26-62)47(23-35)77(78)79)54-57(58)74-51(33-13-16-43(67-2)45(21-33)69-4)48(71-54)30-6-9-36(24-60)39(18-30)27-63/h6-23H. The third kappa shape index (κ3) is 8.23. The van der Waals surface area contributed by atoms with E-state index in [1.165, 1.54) is 78.9 Å². The first kappa shape index (κ1) is 49.0.